The van der Waals surface area contributed by atoms with Crippen LogP contribution in [0.4, 0.5) is 4.39 Å². The second-order valence-corrected chi connectivity index (χ2v) is 2.25. The summed E-state index contributed by atoms with van der Waals surface area (Å²) < 4.78 is 12.8. The van der Waals surface area contributed by atoms with Crippen LogP contribution in [0.15, 0.2) is 12.1 Å². The summed E-state index contributed by atoms with van der Waals surface area (Å²) in [5, 5.41) is 0.0722. The predicted molar refractivity (Wildman–Crippen MR) is 38.1 cm³/mol. The van der Waals surface area contributed by atoms with Gasteiger partial charge in [0.1, 0.15) is 5.82 Å². The summed E-state index contributed by atoms with van der Waals surface area (Å²) in [6.07, 6.45) is 0. The number of rotatable bonds is 1. The molecule has 0 bridgehead atoms. The normalized spacial score (nSPS) is 9.90. The molecule has 1 radical (unpaired) electrons. The Morgan fingerprint density at radius 3 is 2.80 bits per heavy atom. The lowest BCUT2D eigenvalue weighted by atomic mass is 10.2. The fourth-order valence-corrected chi connectivity index (χ4v) is 0.828. The Bertz CT molecular complexity index is 237. The highest BCUT2D eigenvalue weighted by atomic mass is 35.5. The predicted octanol–water partition coefficient (Wildman–Crippen LogP) is 1.74. The SMILES string of the molecule is NCc1c[c]cc(Cl)c1F. The van der Waals surface area contributed by atoms with E-state index in [0.29, 0.717) is 5.56 Å². The maximum Gasteiger partial charge on any atom is 0.146 e. The van der Waals surface area contributed by atoms with E-state index in [1.54, 1.807) is 0 Å². The molecule has 1 aromatic carbocycles. The van der Waals surface area contributed by atoms with Crippen molar-refractivity contribution in [3.8, 4) is 0 Å². The molecule has 0 aliphatic rings. The fourth-order valence-electron chi connectivity index (χ4n) is 0.644. The molecule has 0 amide bonds. The number of hydrogen-bond donors (Lipinski definition) is 1. The molecule has 2 N–H and O–H groups in total. The Labute approximate surface area is 63.6 Å². The smallest absolute Gasteiger partial charge is 0.146 e. The molecule has 0 unspecified atom stereocenters. The number of hydrogen-bond acceptors (Lipinski definition) is 1. The lowest BCUT2D eigenvalue weighted by Crippen LogP contribution is -1.99. The first-order valence-corrected chi connectivity index (χ1v) is 3.17. The van der Waals surface area contributed by atoms with Gasteiger partial charge in [-0.2, -0.15) is 0 Å². The topological polar surface area (TPSA) is 26.0 Å². The van der Waals surface area contributed by atoms with E-state index in [1.165, 1.54) is 12.1 Å². The van der Waals surface area contributed by atoms with Gasteiger partial charge in [0.05, 0.1) is 5.02 Å². The molecular formula is C7H6ClFN. The summed E-state index contributed by atoms with van der Waals surface area (Å²) in [6, 6.07) is 5.53. The molecule has 1 aromatic rings. The van der Waals surface area contributed by atoms with Crippen molar-refractivity contribution in [1.29, 1.82) is 0 Å². The number of nitrogens with two attached hydrogens (primary N) is 1. The van der Waals surface area contributed by atoms with Crippen LogP contribution in [0.3, 0.4) is 0 Å². The molecule has 1 rings (SSSR count). The number of benzene rings is 1. The zero-order valence-corrected chi connectivity index (χ0v) is 5.95. The molecule has 0 aromatic heterocycles. The largest absolute Gasteiger partial charge is 0.326 e. The second-order valence-electron chi connectivity index (χ2n) is 1.85. The van der Waals surface area contributed by atoms with Crippen LogP contribution in [0.2, 0.25) is 5.02 Å². The van der Waals surface area contributed by atoms with Crippen LogP contribution in [-0.2, 0) is 6.54 Å². The summed E-state index contributed by atoms with van der Waals surface area (Å²) in [5.41, 5.74) is 5.60. The first-order valence-electron chi connectivity index (χ1n) is 2.79. The third-order valence-corrected chi connectivity index (χ3v) is 1.45. The first kappa shape index (κ1) is 7.51. The highest BCUT2D eigenvalue weighted by Gasteiger charge is 2.02. The molecule has 0 heterocycles. The standard InChI is InChI=1S/C7H6ClFN/c8-6-3-1-2-5(4-10)7(6)9/h2-3H,4,10H2. The van der Waals surface area contributed by atoms with Crippen LogP contribution < -0.4 is 5.73 Å². The molecule has 0 fully saturated rings. The van der Waals surface area contributed by atoms with Gasteiger partial charge >= 0.3 is 0 Å². The summed E-state index contributed by atoms with van der Waals surface area (Å²) in [7, 11) is 0. The van der Waals surface area contributed by atoms with E-state index in [9.17, 15) is 4.39 Å². The van der Waals surface area contributed by atoms with Gasteiger partial charge in [0.15, 0.2) is 0 Å². The van der Waals surface area contributed by atoms with Crippen molar-refractivity contribution in [1.82, 2.24) is 0 Å². The highest BCUT2D eigenvalue weighted by Crippen LogP contribution is 2.16. The molecule has 0 spiro atoms. The Morgan fingerprint density at radius 1 is 1.60 bits per heavy atom. The van der Waals surface area contributed by atoms with E-state index in [1.807, 2.05) is 0 Å². The van der Waals surface area contributed by atoms with E-state index in [2.05, 4.69) is 6.07 Å². The minimum absolute atomic E-state index is 0.0722. The molecule has 0 saturated carbocycles. The molecule has 0 aliphatic carbocycles. The van der Waals surface area contributed by atoms with Crippen molar-refractivity contribution in [2.45, 2.75) is 6.54 Å². The van der Waals surface area contributed by atoms with E-state index < -0.39 is 5.82 Å². The molecule has 0 saturated heterocycles. The maximum atomic E-state index is 12.8. The van der Waals surface area contributed by atoms with Crippen molar-refractivity contribution in [2.75, 3.05) is 0 Å². The van der Waals surface area contributed by atoms with E-state index in [0.717, 1.165) is 0 Å². The van der Waals surface area contributed by atoms with Crippen molar-refractivity contribution < 1.29 is 4.39 Å². The van der Waals surface area contributed by atoms with Gasteiger partial charge in [-0.3, -0.25) is 0 Å². The quantitative estimate of drug-likeness (QED) is 0.662. The highest BCUT2D eigenvalue weighted by molar-refractivity contribution is 6.30. The molecule has 10 heavy (non-hydrogen) atoms. The third-order valence-electron chi connectivity index (χ3n) is 1.18. The van der Waals surface area contributed by atoms with Gasteiger partial charge in [0.2, 0.25) is 0 Å². The van der Waals surface area contributed by atoms with E-state index in [-0.39, 0.29) is 11.6 Å². The molecular weight excluding hydrogens is 153 g/mol. The van der Waals surface area contributed by atoms with Crippen molar-refractivity contribution in [3.05, 3.63) is 34.6 Å². The third kappa shape index (κ3) is 1.28. The molecule has 1 nitrogen and oxygen atoms in total. The minimum Gasteiger partial charge on any atom is -0.326 e. The van der Waals surface area contributed by atoms with Gasteiger partial charge in [-0.15, -0.1) is 0 Å². The summed E-state index contributed by atoms with van der Waals surface area (Å²) in [6.45, 7) is 0.156. The van der Waals surface area contributed by atoms with Crippen LogP contribution >= 0.6 is 11.6 Å². The first-order chi connectivity index (χ1) is 4.75. The molecule has 53 valence electrons. The van der Waals surface area contributed by atoms with Crippen LogP contribution in [0.25, 0.3) is 0 Å². The Balaban J connectivity index is 3.14. The fraction of sp³-hybridized carbons (Fsp3) is 0.143. The van der Waals surface area contributed by atoms with Gasteiger partial charge in [-0.25, -0.2) is 4.39 Å². The molecule has 0 atom stereocenters. The average Bonchev–Trinajstić information content (AvgIpc) is 1.95. The van der Waals surface area contributed by atoms with Gasteiger partial charge in [0, 0.05) is 12.1 Å². The maximum absolute atomic E-state index is 12.8. The van der Waals surface area contributed by atoms with Crippen LogP contribution in [0.5, 0.6) is 0 Å². The second kappa shape index (κ2) is 2.99. The van der Waals surface area contributed by atoms with Crippen molar-refractivity contribution in [3.63, 3.8) is 0 Å². The average molecular weight is 159 g/mol. The van der Waals surface area contributed by atoms with Crippen LogP contribution in [0.1, 0.15) is 5.56 Å². The Hall–Kier alpha value is -0.600. The Kier molecular flexibility index (Phi) is 2.25. The van der Waals surface area contributed by atoms with Gasteiger partial charge in [-0.05, 0) is 18.2 Å². The molecule has 0 aliphatic heterocycles. The van der Waals surface area contributed by atoms with Crippen molar-refractivity contribution in [2.24, 2.45) is 5.73 Å². The lowest BCUT2D eigenvalue weighted by molar-refractivity contribution is 0.611. The van der Waals surface area contributed by atoms with Crippen molar-refractivity contribution >= 4 is 11.6 Å². The zero-order chi connectivity index (χ0) is 7.56. The number of halogens is 2. The lowest BCUT2D eigenvalue weighted by Gasteiger charge is -1.98. The van der Waals surface area contributed by atoms with E-state index in [4.69, 9.17) is 17.3 Å². The minimum atomic E-state index is -0.442. The summed E-state index contributed by atoms with van der Waals surface area (Å²) in [5.74, 6) is -0.442. The van der Waals surface area contributed by atoms with Crippen LogP contribution in [-0.4, -0.2) is 0 Å². The summed E-state index contributed by atoms with van der Waals surface area (Å²) >= 11 is 5.43. The summed E-state index contributed by atoms with van der Waals surface area (Å²) in [4.78, 5) is 0. The van der Waals surface area contributed by atoms with Crippen LogP contribution in [0, 0.1) is 11.9 Å². The molecule has 3 heteroatoms. The van der Waals surface area contributed by atoms with Gasteiger partial charge in [0.25, 0.3) is 0 Å². The van der Waals surface area contributed by atoms with E-state index >= 15 is 0 Å². The monoisotopic (exact) mass is 158 g/mol. The van der Waals surface area contributed by atoms with Gasteiger partial charge < -0.3 is 5.73 Å². The zero-order valence-electron chi connectivity index (χ0n) is 5.20. The Morgan fingerprint density at radius 2 is 2.30 bits per heavy atom. The van der Waals surface area contributed by atoms with Gasteiger partial charge in [-0.1, -0.05) is 11.6 Å².